The zero-order chi connectivity index (χ0) is 30.2. The van der Waals surface area contributed by atoms with Gasteiger partial charge in [0.2, 0.25) is 22.3 Å². The zero-order valence-corrected chi connectivity index (χ0v) is 22.3. The number of guanidine groups is 1. The standard InChI is InChI=1S/C24H26N4O6S.C2HF3O/c25-24(26)27-34-11-3-10-33-20-8-6-18-14-22(23(29)30)28(15-19(18)12-20)35(31,32)21-9-7-16-4-1-2-5-17(16)13-21;3-2(4,5)1-6/h1-2,4-9,12-13,22H,3,10-11,14-15H2,(H,29,30)(H4,25,26,27);1H/t22-;/m0./s1. The fourth-order valence-corrected chi connectivity index (χ4v) is 5.58. The SMILES string of the molecule is NC(N)=NOCCCOc1ccc2c(c1)CN(S(=O)(=O)c1ccc3ccccc3c1)[C@H](C(=O)O)C2.O=CC(F)(F)F. The van der Waals surface area contributed by atoms with Crippen LogP contribution < -0.4 is 16.2 Å². The Bertz CT molecular complexity index is 1530. The topological polar surface area (TPSA) is 175 Å². The highest BCUT2D eigenvalue weighted by Crippen LogP contribution is 2.32. The number of alkyl halides is 3. The van der Waals surface area contributed by atoms with E-state index >= 15 is 0 Å². The molecule has 0 bridgehead atoms. The monoisotopic (exact) mass is 596 g/mol. The molecule has 3 aromatic carbocycles. The van der Waals surface area contributed by atoms with Crippen LogP contribution >= 0.6 is 0 Å². The van der Waals surface area contributed by atoms with Crippen LogP contribution in [-0.2, 0) is 37.4 Å². The number of carbonyl (C=O) groups is 2. The minimum absolute atomic E-state index is 0.0547. The van der Waals surface area contributed by atoms with Gasteiger partial charge in [-0.3, -0.25) is 9.59 Å². The maximum Gasteiger partial charge on any atom is 0.446 e. The first-order valence-electron chi connectivity index (χ1n) is 12.0. The van der Waals surface area contributed by atoms with Crippen molar-refractivity contribution in [3.8, 4) is 5.75 Å². The van der Waals surface area contributed by atoms with Crippen molar-refractivity contribution in [2.45, 2.75) is 36.5 Å². The molecule has 4 rings (SSSR count). The number of hydrogen-bond acceptors (Lipinski definition) is 7. The number of hydrogen-bond donors (Lipinski definition) is 3. The van der Waals surface area contributed by atoms with E-state index in [9.17, 15) is 31.5 Å². The van der Waals surface area contributed by atoms with Crippen LogP contribution in [0.5, 0.6) is 5.75 Å². The maximum absolute atomic E-state index is 13.5. The number of nitrogens with zero attached hydrogens (tertiary/aromatic N) is 2. The van der Waals surface area contributed by atoms with Gasteiger partial charge in [-0.15, -0.1) is 0 Å². The van der Waals surface area contributed by atoms with Crippen molar-refractivity contribution in [3.63, 3.8) is 0 Å². The van der Waals surface area contributed by atoms with E-state index in [-0.39, 0.29) is 30.4 Å². The van der Waals surface area contributed by atoms with Gasteiger partial charge in [0.05, 0.1) is 11.5 Å². The van der Waals surface area contributed by atoms with E-state index in [2.05, 4.69) is 5.16 Å². The van der Waals surface area contributed by atoms with Crippen molar-refractivity contribution in [2.24, 2.45) is 16.6 Å². The van der Waals surface area contributed by atoms with Crippen molar-refractivity contribution in [1.82, 2.24) is 4.31 Å². The van der Waals surface area contributed by atoms with Crippen molar-refractivity contribution in [1.29, 1.82) is 0 Å². The van der Waals surface area contributed by atoms with Gasteiger partial charge in [-0.05, 0) is 51.3 Å². The summed E-state index contributed by atoms with van der Waals surface area (Å²) in [5.74, 6) is -0.813. The summed E-state index contributed by atoms with van der Waals surface area (Å²) in [5.41, 5.74) is 11.8. The number of carbonyl (C=O) groups excluding carboxylic acids is 1. The van der Waals surface area contributed by atoms with Crippen LogP contribution in [0.15, 0.2) is 70.7 Å². The number of halogens is 3. The van der Waals surface area contributed by atoms with Gasteiger partial charge in [-0.25, -0.2) is 8.42 Å². The molecule has 11 nitrogen and oxygen atoms in total. The summed E-state index contributed by atoms with van der Waals surface area (Å²) in [6, 6.07) is 16.2. The summed E-state index contributed by atoms with van der Waals surface area (Å²) < 4.78 is 65.1. The van der Waals surface area contributed by atoms with Crippen molar-refractivity contribution < 1.29 is 45.9 Å². The molecule has 0 saturated carbocycles. The number of oxime groups is 1. The lowest BCUT2D eigenvalue weighted by Gasteiger charge is -2.33. The molecule has 3 aromatic rings. The summed E-state index contributed by atoms with van der Waals surface area (Å²) in [6.45, 7) is 0.517. The molecule has 0 aromatic heterocycles. The molecule has 220 valence electrons. The van der Waals surface area contributed by atoms with E-state index in [1.807, 2.05) is 24.3 Å². The minimum atomic E-state index is -4.64. The summed E-state index contributed by atoms with van der Waals surface area (Å²) in [7, 11) is -4.08. The Morgan fingerprint density at radius 3 is 2.37 bits per heavy atom. The summed E-state index contributed by atoms with van der Waals surface area (Å²) in [4.78, 5) is 25.7. The summed E-state index contributed by atoms with van der Waals surface area (Å²) >= 11 is 0. The van der Waals surface area contributed by atoms with E-state index < -0.39 is 34.5 Å². The number of aldehydes is 1. The molecule has 0 saturated heterocycles. The van der Waals surface area contributed by atoms with Crippen LogP contribution in [0.3, 0.4) is 0 Å². The quantitative estimate of drug-likeness (QED) is 0.110. The predicted molar refractivity (Wildman–Crippen MR) is 142 cm³/mol. The number of carboxylic acids is 1. The van der Waals surface area contributed by atoms with Gasteiger partial charge < -0.3 is 26.1 Å². The first-order valence-corrected chi connectivity index (χ1v) is 13.5. The fourth-order valence-electron chi connectivity index (χ4n) is 3.99. The van der Waals surface area contributed by atoms with Crippen LogP contribution in [0.4, 0.5) is 13.2 Å². The molecule has 0 radical (unpaired) electrons. The average molecular weight is 597 g/mol. The van der Waals surface area contributed by atoms with E-state index in [0.29, 0.717) is 24.3 Å². The van der Waals surface area contributed by atoms with E-state index in [1.165, 1.54) is 6.07 Å². The highest BCUT2D eigenvalue weighted by atomic mass is 32.2. The van der Waals surface area contributed by atoms with E-state index in [0.717, 1.165) is 20.6 Å². The van der Waals surface area contributed by atoms with Crippen LogP contribution in [0.1, 0.15) is 17.5 Å². The van der Waals surface area contributed by atoms with Crippen LogP contribution in [0.2, 0.25) is 0 Å². The molecule has 1 atom stereocenters. The molecule has 0 amide bonds. The van der Waals surface area contributed by atoms with E-state index in [4.69, 9.17) is 25.8 Å². The van der Waals surface area contributed by atoms with Crippen LogP contribution in [0.25, 0.3) is 10.8 Å². The fraction of sp³-hybridized carbons (Fsp3) is 0.269. The third-order valence-corrected chi connectivity index (χ3v) is 7.68. The molecule has 5 N–H and O–H groups in total. The Morgan fingerprint density at radius 2 is 1.73 bits per heavy atom. The Labute approximate surface area is 233 Å². The van der Waals surface area contributed by atoms with Gasteiger partial charge in [0.15, 0.2) is 0 Å². The second kappa shape index (κ2) is 13.3. The molecule has 0 fully saturated rings. The Balaban J connectivity index is 0.000000696. The Hall–Kier alpha value is -4.37. The number of sulfonamides is 1. The lowest BCUT2D eigenvalue weighted by Crippen LogP contribution is -2.48. The van der Waals surface area contributed by atoms with Crippen molar-refractivity contribution in [3.05, 3.63) is 71.8 Å². The smallest absolute Gasteiger partial charge is 0.446 e. The molecule has 0 aliphatic carbocycles. The summed E-state index contributed by atoms with van der Waals surface area (Å²) in [6.07, 6.45) is -5.12. The largest absolute Gasteiger partial charge is 0.493 e. The molecular weight excluding hydrogens is 569 g/mol. The number of ether oxygens (including phenoxy) is 1. The number of rotatable bonds is 9. The molecule has 1 aliphatic rings. The second-order valence-electron chi connectivity index (χ2n) is 8.76. The molecule has 0 spiro atoms. The van der Waals surface area contributed by atoms with Gasteiger partial charge in [-0.2, -0.15) is 17.5 Å². The lowest BCUT2D eigenvalue weighted by molar-refractivity contribution is -0.156. The number of benzene rings is 3. The third kappa shape index (κ3) is 8.56. The predicted octanol–water partition coefficient (Wildman–Crippen LogP) is 2.76. The Kier molecular flexibility index (Phi) is 10.1. The maximum atomic E-state index is 13.5. The average Bonchev–Trinajstić information content (AvgIpc) is 2.93. The van der Waals surface area contributed by atoms with Crippen LogP contribution in [-0.4, -0.2) is 61.5 Å². The Morgan fingerprint density at radius 1 is 1.05 bits per heavy atom. The van der Waals surface area contributed by atoms with Gasteiger partial charge in [-0.1, -0.05) is 36.4 Å². The highest BCUT2D eigenvalue weighted by Gasteiger charge is 2.40. The first-order chi connectivity index (χ1) is 19.3. The van der Waals surface area contributed by atoms with Gasteiger partial charge in [0.1, 0.15) is 18.4 Å². The number of carboxylic acid groups (broad SMARTS) is 1. The van der Waals surface area contributed by atoms with Gasteiger partial charge >= 0.3 is 12.1 Å². The van der Waals surface area contributed by atoms with Crippen molar-refractivity contribution in [2.75, 3.05) is 13.2 Å². The van der Waals surface area contributed by atoms with Crippen LogP contribution in [0, 0.1) is 0 Å². The number of aliphatic carboxylic acids is 1. The molecule has 1 aliphatic heterocycles. The number of fused-ring (bicyclic) bond motifs is 2. The zero-order valence-electron chi connectivity index (χ0n) is 21.5. The lowest BCUT2D eigenvalue weighted by atomic mass is 9.95. The molecular formula is C26H27F3N4O7S. The van der Waals surface area contributed by atoms with E-state index in [1.54, 1.807) is 30.3 Å². The summed E-state index contributed by atoms with van der Waals surface area (Å²) in [5, 5.41) is 14.9. The molecule has 15 heteroatoms. The third-order valence-electron chi connectivity index (χ3n) is 5.83. The van der Waals surface area contributed by atoms with Gasteiger partial charge in [0, 0.05) is 19.4 Å². The first kappa shape index (κ1) is 31.2. The molecule has 1 heterocycles. The van der Waals surface area contributed by atoms with Gasteiger partial charge in [0.25, 0.3) is 0 Å². The second-order valence-corrected chi connectivity index (χ2v) is 10.6. The molecule has 0 unspecified atom stereocenters. The molecule has 41 heavy (non-hydrogen) atoms. The normalized spacial score (nSPS) is 15.1. The minimum Gasteiger partial charge on any atom is -0.493 e. The highest BCUT2D eigenvalue weighted by molar-refractivity contribution is 7.89. The number of nitrogens with two attached hydrogens (primary N) is 2. The van der Waals surface area contributed by atoms with Crippen molar-refractivity contribution >= 4 is 39.0 Å².